The Bertz CT molecular complexity index is 643. The summed E-state index contributed by atoms with van der Waals surface area (Å²) in [7, 11) is 0. The average Bonchev–Trinajstić information content (AvgIpc) is 2.54. The third-order valence-electron chi connectivity index (χ3n) is 3.19. The quantitative estimate of drug-likeness (QED) is 0.883. The summed E-state index contributed by atoms with van der Waals surface area (Å²) < 4.78 is 0. The van der Waals surface area contributed by atoms with Crippen molar-refractivity contribution in [3.8, 4) is 0 Å². The van der Waals surface area contributed by atoms with E-state index in [0.717, 1.165) is 21.2 Å². The highest BCUT2D eigenvalue weighted by atomic mass is 32.2. The van der Waals surface area contributed by atoms with Crippen LogP contribution < -0.4 is 5.43 Å². The van der Waals surface area contributed by atoms with Crippen molar-refractivity contribution in [2.24, 2.45) is 5.10 Å². The van der Waals surface area contributed by atoms with E-state index in [4.69, 9.17) is 0 Å². The molecule has 0 spiro atoms. The zero-order chi connectivity index (χ0) is 13.9. The fraction of sp³-hybridized carbons (Fsp3) is 0.214. The van der Waals surface area contributed by atoms with Gasteiger partial charge in [-0.1, -0.05) is 30.3 Å². The first-order valence-corrected chi connectivity index (χ1v) is 8.62. The van der Waals surface area contributed by atoms with E-state index in [0.29, 0.717) is 0 Å². The normalized spacial score (nSPS) is 16.6. The standard InChI is InChI=1S/C14H14N4S2/c1-19-13-10-8-15-16-12(9-6-4-3-5-7-9)11(10)14(20-2)18-17-13/h3-8,12,16H,1-2H3. The summed E-state index contributed by atoms with van der Waals surface area (Å²) in [6.45, 7) is 0. The number of hydrogen-bond donors (Lipinski definition) is 1. The van der Waals surface area contributed by atoms with Crippen LogP contribution in [0, 0.1) is 0 Å². The summed E-state index contributed by atoms with van der Waals surface area (Å²) in [5, 5.41) is 14.8. The van der Waals surface area contributed by atoms with Gasteiger partial charge in [0.05, 0.1) is 12.3 Å². The van der Waals surface area contributed by atoms with E-state index >= 15 is 0 Å². The molecule has 1 aromatic heterocycles. The molecule has 1 aliphatic heterocycles. The summed E-state index contributed by atoms with van der Waals surface area (Å²) in [4.78, 5) is 0. The first kappa shape index (κ1) is 13.5. The van der Waals surface area contributed by atoms with Gasteiger partial charge in [0, 0.05) is 11.1 Å². The fourth-order valence-corrected chi connectivity index (χ4v) is 3.34. The molecule has 4 nitrogen and oxygen atoms in total. The molecule has 0 amide bonds. The number of thioether (sulfide) groups is 2. The summed E-state index contributed by atoms with van der Waals surface area (Å²) in [5.41, 5.74) is 6.62. The largest absolute Gasteiger partial charge is 0.298 e. The van der Waals surface area contributed by atoms with Crippen molar-refractivity contribution in [2.45, 2.75) is 16.1 Å². The molecule has 1 unspecified atom stereocenters. The van der Waals surface area contributed by atoms with Crippen molar-refractivity contribution in [1.29, 1.82) is 0 Å². The lowest BCUT2D eigenvalue weighted by Gasteiger charge is -2.25. The van der Waals surface area contributed by atoms with Crippen LogP contribution in [0.1, 0.15) is 22.7 Å². The van der Waals surface area contributed by atoms with Crippen LogP contribution in [-0.2, 0) is 0 Å². The second-order valence-corrected chi connectivity index (χ2v) is 5.87. The van der Waals surface area contributed by atoms with Gasteiger partial charge in [0.25, 0.3) is 0 Å². The van der Waals surface area contributed by atoms with Crippen LogP contribution in [0.25, 0.3) is 0 Å². The zero-order valence-corrected chi connectivity index (χ0v) is 12.8. The van der Waals surface area contributed by atoms with Crippen LogP contribution in [-0.4, -0.2) is 28.9 Å². The molecule has 102 valence electrons. The summed E-state index contributed by atoms with van der Waals surface area (Å²) in [6, 6.07) is 10.3. The SMILES string of the molecule is CSc1nnc(SC)c2c1C=NNC2c1ccccc1. The molecule has 0 saturated heterocycles. The molecule has 6 heteroatoms. The van der Waals surface area contributed by atoms with Crippen LogP contribution in [0.3, 0.4) is 0 Å². The Morgan fingerprint density at radius 3 is 2.40 bits per heavy atom. The van der Waals surface area contributed by atoms with Crippen molar-refractivity contribution in [3.63, 3.8) is 0 Å². The van der Waals surface area contributed by atoms with E-state index in [1.54, 1.807) is 23.5 Å². The minimum atomic E-state index is 0.0278. The third-order valence-corrected chi connectivity index (χ3v) is 4.56. The maximum Gasteiger partial charge on any atom is 0.128 e. The minimum absolute atomic E-state index is 0.0278. The van der Waals surface area contributed by atoms with Crippen molar-refractivity contribution in [1.82, 2.24) is 15.6 Å². The molecule has 0 fully saturated rings. The molecule has 20 heavy (non-hydrogen) atoms. The smallest absolute Gasteiger partial charge is 0.128 e. The molecule has 3 rings (SSSR count). The predicted octanol–water partition coefficient (Wildman–Crippen LogP) is 2.95. The predicted molar refractivity (Wildman–Crippen MR) is 84.6 cm³/mol. The summed E-state index contributed by atoms with van der Waals surface area (Å²) in [6.07, 6.45) is 5.88. The van der Waals surface area contributed by atoms with E-state index in [1.165, 1.54) is 5.56 Å². The molecule has 0 bridgehead atoms. The van der Waals surface area contributed by atoms with Crippen molar-refractivity contribution >= 4 is 29.7 Å². The molecule has 1 N–H and O–H groups in total. The second kappa shape index (κ2) is 5.85. The number of nitrogens with one attached hydrogen (secondary N) is 1. The lowest BCUT2D eigenvalue weighted by Crippen LogP contribution is -2.25. The Balaban J connectivity index is 2.19. The maximum atomic E-state index is 4.35. The number of fused-ring (bicyclic) bond motifs is 1. The Morgan fingerprint density at radius 2 is 1.70 bits per heavy atom. The van der Waals surface area contributed by atoms with E-state index in [2.05, 4.69) is 32.9 Å². The van der Waals surface area contributed by atoms with E-state index in [9.17, 15) is 0 Å². The fourth-order valence-electron chi connectivity index (χ4n) is 2.26. The second-order valence-electron chi connectivity index (χ2n) is 4.28. The summed E-state index contributed by atoms with van der Waals surface area (Å²) >= 11 is 3.21. The van der Waals surface area contributed by atoms with Crippen molar-refractivity contribution in [3.05, 3.63) is 47.0 Å². The van der Waals surface area contributed by atoms with E-state index in [1.807, 2.05) is 36.9 Å². The minimum Gasteiger partial charge on any atom is -0.298 e. The van der Waals surface area contributed by atoms with Gasteiger partial charge in [-0.05, 0) is 18.1 Å². The van der Waals surface area contributed by atoms with E-state index in [-0.39, 0.29) is 6.04 Å². The monoisotopic (exact) mass is 302 g/mol. The van der Waals surface area contributed by atoms with Gasteiger partial charge in [0.15, 0.2) is 0 Å². The summed E-state index contributed by atoms with van der Waals surface area (Å²) in [5.74, 6) is 0. The maximum absolute atomic E-state index is 4.35. The van der Waals surface area contributed by atoms with Gasteiger partial charge in [-0.3, -0.25) is 5.43 Å². The van der Waals surface area contributed by atoms with Gasteiger partial charge >= 0.3 is 0 Å². The van der Waals surface area contributed by atoms with E-state index < -0.39 is 0 Å². The topological polar surface area (TPSA) is 50.2 Å². The highest BCUT2D eigenvalue weighted by Crippen LogP contribution is 2.35. The molecule has 0 aliphatic carbocycles. The highest BCUT2D eigenvalue weighted by molar-refractivity contribution is 7.99. The molecule has 0 saturated carbocycles. The first-order valence-electron chi connectivity index (χ1n) is 6.17. The lowest BCUT2D eigenvalue weighted by molar-refractivity contribution is 0.602. The van der Waals surface area contributed by atoms with Crippen LogP contribution in [0.4, 0.5) is 0 Å². The molecule has 1 aromatic carbocycles. The number of hydrazone groups is 1. The average molecular weight is 302 g/mol. The number of nitrogens with zero attached hydrogens (tertiary/aromatic N) is 3. The van der Waals surface area contributed by atoms with Crippen LogP contribution in [0.15, 0.2) is 45.5 Å². The first-order chi connectivity index (χ1) is 9.85. The highest BCUT2D eigenvalue weighted by Gasteiger charge is 2.26. The van der Waals surface area contributed by atoms with Crippen LogP contribution in [0.2, 0.25) is 0 Å². The van der Waals surface area contributed by atoms with Gasteiger partial charge < -0.3 is 0 Å². The zero-order valence-electron chi connectivity index (χ0n) is 11.2. The Labute approximate surface area is 126 Å². The van der Waals surface area contributed by atoms with Gasteiger partial charge in [0.1, 0.15) is 10.1 Å². The Morgan fingerprint density at radius 1 is 1.00 bits per heavy atom. The number of benzene rings is 1. The molecular weight excluding hydrogens is 288 g/mol. The third kappa shape index (κ3) is 2.29. The van der Waals surface area contributed by atoms with Gasteiger partial charge in [-0.25, -0.2) is 0 Å². The number of rotatable bonds is 3. The van der Waals surface area contributed by atoms with Gasteiger partial charge in [-0.15, -0.1) is 33.7 Å². The molecular formula is C14H14N4S2. The molecule has 0 radical (unpaired) electrons. The van der Waals surface area contributed by atoms with Gasteiger partial charge in [-0.2, -0.15) is 5.10 Å². The number of aromatic nitrogens is 2. The molecule has 1 atom stereocenters. The van der Waals surface area contributed by atoms with Gasteiger partial charge in [0.2, 0.25) is 0 Å². The molecule has 2 heterocycles. The van der Waals surface area contributed by atoms with Crippen molar-refractivity contribution in [2.75, 3.05) is 12.5 Å². The lowest BCUT2D eigenvalue weighted by atomic mass is 9.97. The Kier molecular flexibility index (Phi) is 3.93. The molecule has 1 aliphatic rings. The van der Waals surface area contributed by atoms with Crippen molar-refractivity contribution < 1.29 is 0 Å². The number of hydrogen-bond acceptors (Lipinski definition) is 6. The molecule has 2 aromatic rings. The van der Waals surface area contributed by atoms with Crippen LogP contribution >= 0.6 is 23.5 Å². The Hall–Kier alpha value is -1.53. The van der Waals surface area contributed by atoms with Crippen LogP contribution in [0.5, 0.6) is 0 Å².